The number of aromatic nitrogens is 2. The minimum atomic E-state index is -0.711. The fourth-order valence-corrected chi connectivity index (χ4v) is 3.00. The van der Waals surface area contributed by atoms with E-state index in [1.54, 1.807) is 0 Å². The number of carbonyl (C=O) groups is 3. The van der Waals surface area contributed by atoms with E-state index in [1.165, 1.54) is 30.5 Å². The van der Waals surface area contributed by atoms with Crippen molar-refractivity contribution in [3.05, 3.63) is 58.7 Å². The van der Waals surface area contributed by atoms with Crippen LogP contribution in [0.5, 0.6) is 0 Å². The molecule has 7 nitrogen and oxygen atoms in total. The number of nitrogens with one attached hydrogen (secondary N) is 2. The molecule has 1 amide bonds. The molecule has 0 atom stereocenters. The molecule has 2 N–H and O–H groups in total. The predicted octanol–water partition coefficient (Wildman–Crippen LogP) is 3.44. The Morgan fingerprint density at radius 1 is 1.22 bits per heavy atom. The molecular weight excluding hydrogens is 366 g/mol. The summed E-state index contributed by atoms with van der Waals surface area (Å²) in [7, 11) is 0. The van der Waals surface area contributed by atoms with Gasteiger partial charge in [0.05, 0.1) is 5.69 Å². The summed E-state index contributed by atoms with van der Waals surface area (Å²) in [5.41, 5.74) is 3.36. The monoisotopic (exact) mass is 383 g/mol. The molecule has 27 heavy (non-hydrogen) atoms. The maximum atomic E-state index is 12.0. The van der Waals surface area contributed by atoms with E-state index < -0.39 is 18.5 Å². The molecule has 0 spiro atoms. The molecule has 0 radical (unpaired) electrons. The minimum absolute atomic E-state index is 0.115. The molecule has 0 aliphatic rings. The van der Waals surface area contributed by atoms with Gasteiger partial charge in [0.1, 0.15) is 5.69 Å². The van der Waals surface area contributed by atoms with E-state index in [-0.39, 0.29) is 11.5 Å². The zero-order valence-electron chi connectivity index (χ0n) is 14.7. The van der Waals surface area contributed by atoms with E-state index in [2.05, 4.69) is 15.3 Å². The number of hydrogen-bond donors (Lipinski definition) is 2. The number of aromatic amines is 1. The summed E-state index contributed by atoms with van der Waals surface area (Å²) in [5.74, 6) is -1.38. The summed E-state index contributed by atoms with van der Waals surface area (Å²) in [6.07, 6.45) is 1.42. The van der Waals surface area contributed by atoms with Crippen LogP contribution in [-0.4, -0.2) is 34.2 Å². The molecule has 2 heterocycles. The van der Waals surface area contributed by atoms with Crippen LogP contribution in [0.3, 0.4) is 0 Å². The van der Waals surface area contributed by atoms with Gasteiger partial charge < -0.3 is 9.72 Å². The van der Waals surface area contributed by atoms with Crippen LogP contribution in [0.4, 0.5) is 5.13 Å². The summed E-state index contributed by atoms with van der Waals surface area (Å²) < 4.78 is 4.94. The summed E-state index contributed by atoms with van der Waals surface area (Å²) >= 11 is 1.29. The first kappa shape index (κ1) is 18.5. The molecule has 1 aromatic carbocycles. The molecule has 0 saturated heterocycles. The van der Waals surface area contributed by atoms with Crippen LogP contribution >= 0.6 is 11.3 Å². The summed E-state index contributed by atoms with van der Waals surface area (Å²) in [6.45, 7) is 2.95. The Hall–Kier alpha value is -3.26. The Balaban J connectivity index is 1.54. The zero-order chi connectivity index (χ0) is 19.4. The van der Waals surface area contributed by atoms with E-state index in [9.17, 15) is 14.4 Å². The number of hydrogen-bond acceptors (Lipinski definition) is 6. The Morgan fingerprint density at radius 3 is 2.63 bits per heavy atom. The van der Waals surface area contributed by atoms with Crippen LogP contribution < -0.4 is 5.32 Å². The van der Waals surface area contributed by atoms with E-state index in [0.717, 1.165) is 16.8 Å². The van der Waals surface area contributed by atoms with E-state index in [1.807, 2.05) is 36.6 Å². The lowest BCUT2D eigenvalue weighted by atomic mass is 10.1. The fourth-order valence-electron chi connectivity index (χ4n) is 2.27. The fraction of sp³-hybridized carbons (Fsp3) is 0.158. The molecule has 0 unspecified atom stereocenters. The predicted molar refractivity (Wildman–Crippen MR) is 102 cm³/mol. The van der Waals surface area contributed by atoms with Gasteiger partial charge in [-0.05, 0) is 19.9 Å². The smallest absolute Gasteiger partial charge is 0.355 e. The highest BCUT2D eigenvalue weighted by atomic mass is 32.1. The van der Waals surface area contributed by atoms with E-state index in [4.69, 9.17) is 4.74 Å². The third kappa shape index (κ3) is 4.68. The molecule has 138 valence electrons. The molecule has 3 rings (SSSR count). The maximum Gasteiger partial charge on any atom is 0.355 e. The first-order valence-corrected chi connectivity index (χ1v) is 8.99. The number of Topliss-reactive ketones (excluding diaryl/α,β-unsaturated/α-hetero) is 1. The standard InChI is InChI=1S/C19H17N3O4S/c1-11-3-5-13(6-4-11)16-10-27-19(21-16)22-17(24)9-26-18(25)15-7-14(8-20-15)12(2)23/h3-8,10,20H,9H2,1-2H3,(H,21,22,24). The quantitative estimate of drug-likeness (QED) is 0.501. The lowest BCUT2D eigenvalue weighted by Gasteiger charge is -2.03. The molecule has 0 aliphatic heterocycles. The third-order valence-electron chi connectivity index (χ3n) is 3.74. The molecule has 0 bridgehead atoms. The Morgan fingerprint density at radius 2 is 1.96 bits per heavy atom. The second kappa shape index (κ2) is 7.96. The highest BCUT2D eigenvalue weighted by molar-refractivity contribution is 7.14. The summed E-state index contributed by atoms with van der Waals surface area (Å²) in [5, 5.41) is 4.86. The van der Waals surface area contributed by atoms with Gasteiger partial charge in [-0.1, -0.05) is 29.8 Å². The Kier molecular flexibility index (Phi) is 5.46. The second-order valence-electron chi connectivity index (χ2n) is 5.89. The number of anilines is 1. The number of nitrogens with zero attached hydrogens (tertiary/aromatic N) is 1. The van der Waals surface area contributed by atoms with Crippen LogP contribution in [0.2, 0.25) is 0 Å². The van der Waals surface area contributed by atoms with Gasteiger partial charge in [0.2, 0.25) is 0 Å². The summed E-state index contributed by atoms with van der Waals surface area (Å²) in [4.78, 5) is 42.1. The number of ether oxygens (including phenoxy) is 1. The van der Waals surface area contributed by atoms with Crippen molar-refractivity contribution in [1.82, 2.24) is 9.97 Å². The van der Waals surface area contributed by atoms with Crippen molar-refractivity contribution in [1.29, 1.82) is 0 Å². The minimum Gasteiger partial charge on any atom is -0.451 e. The van der Waals surface area contributed by atoms with Gasteiger partial charge in [-0.25, -0.2) is 9.78 Å². The SMILES string of the molecule is CC(=O)c1c[nH]c(C(=O)OCC(=O)Nc2nc(-c3ccc(C)cc3)cs2)c1. The van der Waals surface area contributed by atoms with E-state index >= 15 is 0 Å². The third-order valence-corrected chi connectivity index (χ3v) is 4.50. The molecule has 2 aromatic heterocycles. The van der Waals surface area contributed by atoms with Crippen molar-refractivity contribution in [2.75, 3.05) is 11.9 Å². The van der Waals surface area contributed by atoms with Gasteiger partial charge >= 0.3 is 5.97 Å². The normalized spacial score (nSPS) is 10.4. The number of H-pyrrole nitrogens is 1. The molecular formula is C19H17N3O4S. The van der Waals surface area contributed by atoms with Crippen molar-refractivity contribution in [3.63, 3.8) is 0 Å². The van der Waals surface area contributed by atoms with Gasteiger partial charge in [0.15, 0.2) is 17.5 Å². The maximum absolute atomic E-state index is 12.0. The molecule has 0 fully saturated rings. The number of amides is 1. The number of ketones is 1. The first-order chi connectivity index (χ1) is 12.9. The number of rotatable bonds is 6. The van der Waals surface area contributed by atoms with Gasteiger partial charge in [0.25, 0.3) is 5.91 Å². The van der Waals surface area contributed by atoms with Crippen molar-refractivity contribution in [3.8, 4) is 11.3 Å². The van der Waals surface area contributed by atoms with Gasteiger partial charge in [-0.3, -0.25) is 14.9 Å². The number of esters is 1. The van der Waals surface area contributed by atoms with E-state index in [0.29, 0.717) is 10.7 Å². The highest BCUT2D eigenvalue weighted by Gasteiger charge is 2.15. The molecule has 3 aromatic rings. The topological polar surface area (TPSA) is 101 Å². The average Bonchev–Trinajstić information content (AvgIpc) is 3.30. The Bertz CT molecular complexity index is 989. The van der Waals surface area contributed by atoms with Crippen LogP contribution in [-0.2, 0) is 9.53 Å². The first-order valence-electron chi connectivity index (χ1n) is 8.11. The van der Waals surface area contributed by atoms with Crippen molar-refractivity contribution < 1.29 is 19.1 Å². The van der Waals surface area contributed by atoms with Gasteiger partial charge in [-0.2, -0.15) is 0 Å². The van der Waals surface area contributed by atoms with Crippen molar-refractivity contribution >= 4 is 34.1 Å². The van der Waals surface area contributed by atoms with Crippen molar-refractivity contribution in [2.24, 2.45) is 0 Å². The van der Waals surface area contributed by atoms with Crippen LogP contribution in [0, 0.1) is 6.92 Å². The average molecular weight is 383 g/mol. The van der Waals surface area contributed by atoms with Crippen LogP contribution in [0.25, 0.3) is 11.3 Å². The van der Waals surface area contributed by atoms with Gasteiger partial charge in [0, 0.05) is 22.7 Å². The Labute approximate surface area is 159 Å². The second-order valence-corrected chi connectivity index (χ2v) is 6.74. The largest absolute Gasteiger partial charge is 0.451 e. The lowest BCUT2D eigenvalue weighted by molar-refractivity contribution is -0.119. The number of carbonyl (C=O) groups excluding carboxylic acids is 3. The molecule has 0 saturated carbocycles. The number of benzene rings is 1. The number of aryl methyl sites for hydroxylation is 1. The highest BCUT2D eigenvalue weighted by Crippen LogP contribution is 2.25. The van der Waals surface area contributed by atoms with Crippen molar-refractivity contribution in [2.45, 2.75) is 13.8 Å². The molecule has 8 heteroatoms. The number of thiazole rings is 1. The van der Waals surface area contributed by atoms with Crippen LogP contribution in [0.1, 0.15) is 33.3 Å². The van der Waals surface area contributed by atoms with Crippen LogP contribution in [0.15, 0.2) is 41.9 Å². The zero-order valence-corrected chi connectivity index (χ0v) is 15.6. The lowest BCUT2D eigenvalue weighted by Crippen LogP contribution is -2.21. The van der Waals surface area contributed by atoms with Gasteiger partial charge in [-0.15, -0.1) is 11.3 Å². The molecule has 0 aliphatic carbocycles. The summed E-state index contributed by atoms with van der Waals surface area (Å²) in [6, 6.07) is 9.29.